The maximum absolute atomic E-state index is 12.7. The summed E-state index contributed by atoms with van der Waals surface area (Å²) < 4.78 is 33.5. The van der Waals surface area contributed by atoms with Gasteiger partial charge in [-0.2, -0.15) is 17.0 Å². The Balaban J connectivity index is 1.53. The third-order valence-corrected chi connectivity index (χ3v) is 7.19. The summed E-state index contributed by atoms with van der Waals surface area (Å²) in [6, 6.07) is 7.63. The Bertz CT molecular complexity index is 775. The first kappa shape index (κ1) is 21.0. The van der Waals surface area contributed by atoms with Gasteiger partial charge in [-0.05, 0) is 23.1 Å². The van der Waals surface area contributed by atoms with Gasteiger partial charge in [-0.3, -0.25) is 0 Å². The van der Waals surface area contributed by atoms with Crippen LogP contribution < -0.4 is 5.32 Å². The van der Waals surface area contributed by atoms with Crippen molar-refractivity contribution in [2.24, 2.45) is 0 Å². The number of carbonyl (C=O) groups excluding carboxylic acids is 1. The number of benzene rings is 1. The second-order valence-corrected chi connectivity index (χ2v) is 10.1. The number of rotatable bonds is 3. The highest BCUT2D eigenvalue weighted by molar-refractivity contribution is 7.86. The molecule has 0 spiro atoms. The van der Waals surface area contributed by atoms with Gasteiger partial charge in [-0.25, -0.2) is 4.79 Å². The summed E-state index contributed by atoms with van der Waals surface area (Å²) in [5.41, 5.74) is 2.00. The van der Waals surface area contributed by atoms with Crippen molar-refractivity contribution < 1.29 is 17.9 Å². The smallest absolute Gasteiger partial charge is 0.321 e. The van der Waals surface area contributed by atoms with Crippen molar-refractivity contribution in [2.75, 3.05) is 57.8 Å². The monoisotopic (exact) mass is 410 g/mol. The number of nitrogens with zero attached hydrogens (tertiary/aromatic N) is 3. The van der Waals surface area contributed by atoms with Crippen LogP contribution in [0.25, 0.3) is 0 Å². The molecular formula is C19H30N4O4S. The second kappa shape index (κ2) is 8.36. The van der Waals surface area contributed by atoms with Crippen LogP contribution in [0.5, 0.6) is 0 Å². The largest absolute Gasteiger partial charge is 0.379 e. The molecule has 0 aliphatic carbocycles. The van der Waals surface area contributed by atoms with Gasteiger partial charge in [0, 0.05) is 45.0 Å². The van der Waals surface area contributed by atoms with Gasteiger partial charge < -0.3 is 15.0 Å². The van der Waals surface area contributed by atoms with Crippen molar-refractivity contribution in [1.29, 1.82) is 0 Å². The zero-order valence-corrected chi connectivity index (χ0v) is 17.7. The molecule has 0 unspecified atom stereocenters. The number of anilines is 1. The first-order valence-electron chi connectivity index (χ1n) is 9.67. The highest BCUT2D eigenvalue weighted by atomic mass is 32.2. The average molecular weight is 411 g/mol. The lowest BCUT2D eigenvalue weighted by Gasteiger charge is -2.37. The van der Waals surface area contributed by atoms with Gasteiger partial charge in [-0.15, -0.1) is 0 Å². The number of hydrogen-bond acceptors (Lipinski definition) is 4. The molecule has 2 amide bonds. The Kier molecular flexibility index (Phi) is 6.28. The van der Waals surface area contributed by atoms with E-state index in [2.05, 4.69) is 26.1 Å². The molecule has 2 saturated heterocycles. The fourth-order valence-electron chi connectivity index (χ4n) is 3.32. The molecule has 2 aliphatic rings. The Hall–Kier alpha value is -1.68. The van der Waals surface area contributed by atoms with Crippen LogP contribution in [0.3, 0.4) is 0 Å². The zero-order valence-electron chi connectivity index (χ0n) is 16.8. The molecule has 0 saturated carbocycles. The molecule has 3 rings (SSSR count). The van der Waals surface area contributed by atoms with Gasteiger partial charge in [0.2, 0.25) is 0 Å². The predicted molar refractivity (Wildman–Crippen MR) is 109 cm³/mol. The number of hydrogen-bond donors (Lipinski definition) is 1. The highest BCUT2D eigenvalue weighted by Crippen LogP contribution is 2.23. The van der Waals surface area contributed by atoms with Gasteiger partial charge in [-0.1, -0.05) is 32.9 Å². The number of nitrogens with one attached hydrogen (secondary N) is 1. The molecule has 0 radical (unpaired) electrons. The van der Waals surface area contributed by atoms with E-state index in [0.29, 0.717) is 52.5 Å². The minimum atomic E-state index is -3.48. The predicted octanol–water partition coefficient (Wildman–Crippen LogP) is 1.71. The molecule has 2 heterocycles. The van der Waals surface area contributed by atoms with E-state index in [1.165, 1.54) is 14.2 Å². The van der Waals surface area contributed by atoms with Crippen LogP contribution in [0.4, 0.5) is 10.5 Å². The molecule has 28 heavy (non-hydrogen) atoms. The van der Waals surface area contributed by atoms with Crippen molar-refractivity contribution in [3.63, 3.8) is 0 Å². The van der Waals surface area contributed by atoms with E-state index in [9.17, 15) is 13.2 Å². The number of morpholine rings is 1. The fourth-order valence-corrected chi connectivity index (χ4v) is 4.88. The van der Waals surface area contributed by atoms with Crippen LogP contribution in [0, 0.1) is 0 Å². The lowest BCUT2D eigenvalue weighted by molar-refractivity contribution is 0.0691. The molecule has 0 aromatic heterocycles. The highest BCUT2D eigenvalue weighted by Gasteiger charge is 2.34. The summed E-state index contributed by atoms with van der Waals surface area (Å²) in [6.45, 7) is 9.39. The number of carbonyl (C=O) groups is 1. The molecule has 1 aromatic carbocycles. The standard InChI is InChI=1S/C19H30N4O4S/c1-19(2,3)16-4-6-17(7-5-16)20-18(24)21-8-10-22(11-9-21)28(25,26)23-12-14-27-15-13-23/h4-7H,8-15H2,1-3H3,(H,20,24). The van der Waals surface area contributed by atoms with E-state index in [-0.39, 0.29) is 11.4 Å². The number of ether oxygens (including phenoxy) is 1. The minimum Gasteiger partial charge on any atom is -0.379 e. The van der Waals surface area contributed by atoms with E-state index >= 15 is 0 Å². The van der Waals surface area contributed by atoms with E-state index in [1.807, 2.05) is 24.3 Å². The molecular weight excluding hydrogens is 380 g/mol. The number of amides is 2. The lowest BCUT2D eigenvalue weighted by atomic mass is 9.87. The van der Waals surface area contributed by atoms with E-state index in [1.54, 1.807) is 4.90 Å². The van der Waals surface area contributed by atoms with Crippen molar-refractivity contribution in [2.45, 2.75) is 26.2 Å². The third-order valence-electron chi connectivity index (χ3n) is 5.15. The first-order chi connectivity index (χ1) is 13.2. The summed E-state index contributed by atoms with van der Waals surface area (Å²) in [6.07, 6.45) is 0. The minimum absolute atomic E-state index is 0.0604. The quantitative estimate of drug-likeness (QED) is 0.822. The van der Waals surface area contributed by atoms with Crippen molar-refractivity contribution in [3.05, 3.63) is 29.8 Å². The summed E-state index contributed by atoms with van der Waals surface area (Å²) in [5.74, 6) is 0. The summed E-state index contributed by atoms with van der Waals surface area (Å²) in [7, 11) is -3.48. The van der Waals surface area contributed by atoms with Crippen LogP contribution in [0.1, 0.15) is 26.3 Å². The Labute approximate surface area is 167 Å². The molecule has 8 nitrogen and oxygen atoms in total. The fraction of sp³-hybridized carbons (Fsp3) is 0.632. The zero-order chi connectivity index (χ0) is 20.4. The van der Waals surface area contributed by atoms with Crippen LogP contribution in [-0.2, 0) is 20.4 Å². The Morgan fingerprint density at radius 3 is 2.00 bits per heavy atom. The molecule has 156 valence electrons. The normalized spacial score (nSPS) is 20.2. The van der Waals surface area contributed by atoms with Gasteiger partial charge in [0.1, 0.15) is 0 Å². The Morgan fingerprint density at radius 1 is 0.929 bits per heavy atom. The van der Waals surface area contributed by atoms with Crippen LogP contribution in [-0.4, -0.2) is 80.4 Å². The lowest BCUT2D eigenvalue weighted by Crippen LogP contribution is -2.56. The molecule has 9 heteroatoms. The first-order valence-corrected chi connectivity index (χ1v) is 11.1. The van der Waals surface area contributed by atoms with E-state index < -0.39 is 10.2 Å². The van der Waals surface area contributed by atoms with Gasteiger partial charge in [0.25, 0.3) is 10.2 Å². The summed E-state index contributed by atoms with van der Waals surface area (Å²) in [5, 5.41) is 2.90. The average Bonchev–Trinajstić information content (AvgIpc) is 2.68. The molecule has 0 atom stereocenters. The van der Waals surface area contributed by atoms with Crippen LogP contribution >= 0.6 is 0 Å². The van der Waals surface area contributed by atoms with E-state index in [0.717, 1.165) is 5.69 Å². The van der Waals surface area contributed by atoms with Crippen molar-refractivity contribution in [3.8, 4) is 0 Å². The summed E-state index contributed by atoms with van der Waals surface area (Å²) in [4.78, 5) is 14.2. The molecule has 1 aromatic rings. The molecule has 1 N–H and O–H groups in total. The molecule has 2 aliphatic heterocycles. The molecule has 2 fully saturated rings. The third kappa shape index (κ3) is 4.83. The van der Waals surface area contributed by atoms with Crippen molar-refractivity contribution in [1.82, 2.24) is 13.5 Å². The number of piperazine rings is 1. The van der Waals surface area contributed by atoms with Gasteiger partial charge >= 0.3 is 6.03 Å². The van der Waals surface area contributed by atoms with Gasteiger partial charge in [0.05, 0.1) is 13.2 Å². The summed E-state index contributed by atoms with van der Waals surface area (Å²) >= 11 is 0. The van der Waals surface area contributed by atoms with E-state index in [4.69, 9.17) is 4.74 Å². The van der Waals surface area contributed by atoms with Gasteiger partial charge in [0.15, 0.2) is 0 Å². The van der Waals surface area contributed by atoms with Crippen molar-refractivity contribution >= 4 is 21.9 Å². The maximum Gasteiger partial charge on any atom is 0.321 e. The van der Waals surface area contributed by atoms with Crippen LogP contribution in [0.15, 0.2) is 24.3 Å². The number of urea groups is 1. The molecule has 0 bridgehead atoms. The SMILES string of the molecule is CC(C)(C)c1ccc(NC(=O)N2CCN(S(=O)(=O)N3CCOCC3)CC2)cc1. The Morgan fingerprint density at radius 2 is 1.46 bits per heavy atom. The maximum atomic E-state index is 12.7. The second-order valence-electron chi connectivity index (χ2n) is 8.16. The van der Waals surface area contributed by atoms with Crippen LogP contribution in [0.2, 0.25) is 0 Å². The topological polar surface area (TPSA) is 82.2 Å².